The lowest BCUT2D eigenvalue weighted by atomic mass is 9.91. The standard InChI is InChI=1S/C16H24FNO2/c17-14-7-5-13(6-8-14)16(20)9-11-18(10-2-12-19)15-3-1-4-15/h5-8,15-16,19-20H,1-4,9-12H2. The number of hydrogen-bond donors (Lipinski definition) is 2. The van der Waals surface area contributed by atoms with E-state index in [2.05, 4.69) is 4.90 Å². The van der Waals surface area contributed by atoms with Crippen molar-refractivity contribution in [2.75, 3.05) is 19.7 Å². The third kappa shape index (κ3) is 4.27. The zero-order valence-electron chi connectivity index (χ0n) is 11.8. The number of halogens is 1. The number of benzene rings is 1. The maximum atomic E-state index is 12.8. The van der Waals surface area contributed by atoms with Crippen molar-refractivity contribution in [3.63, 3.8) is 0 Å². The molecule has 112 valence electrons. The van der Waals surface area contributed by atoms with E-state index in [0.29, 0.717) is 12.5 Å². The molecule has 0 aromatic heterocycles. The summed E-state index contributed by atoms with van der Waals surface area (Å²) in [4.78, 5) is 2.37. The summed E-state index contributed by atoms with van der Waals surface area (Å²) >= 11 is 0. The summed E-state index contributed by atoms with van der Waals surface area (Å²) in [6, 6.07) is 6.66. The van der Waals surface area contributed by atoms with Gasteiger partial charge in [-0.05, 0) is 43.4 Å². The molecule has 1 aromatic rings. The Morgan fingerprint density at radius 3 is 2.45 bits per heavy atom. The first-order valence-electron chi connectivity index (χ1n) is 7.49. The van der Waals surface area contributed by atoms with Crippen molar-refractivity contribution in [3.8, 4) is 0 Å². The minimum atomic E-state index is -0.549. The lowest BCUT2D eigenvalue weighted by molar-refractivity contribution is 0.0864. The summed E-state index contributed by atoms with van der Waals surface area (Å²) in [5.74, 6) is -0.278. The molecule has 0 spiro atoms. The van der Waals surface area contributed by atoms with Gasteiger partial charge in [-0.15, -0.1) is 0 Å². The number of aliphatic hydroxyl groups excluding tert-OH is 2. The third-order valence-electron chi connectivity index (χ3n) is 4.14. The molecule has 1 fully saturated rings. The van der Waals surface area contributed by atoms with Gasteiger partial charge in [0.1, 0.15) is 5.82 Å². The molecule has 1 atom stereocenters. The molecule has 0 bridgehead atoms. The molecule has 1 aliphatic rings. The second-order valence-electron chi connectivity index (χ2n) is 5.55. The predicted octanol–water partition coefficient (Wildman–Crippen LogP) is 2.49. The second-order valence-corrected chi connectivity index (χ2v) is 5.55. The van der Waals surface area contributed by atoms with Gasteiger partial charge in [-0.2, -0.15) is 0 Å². The summed E-state index contributed by atoms with van der Waals surface area (Å²) in [7, 11) is 0. The molecule has 1 unspecified atom stereocenters. The van der Waals surface area contributed by atoms with Crippen LogP contribution in [0.4, 0.5) is 4.39 Å². The maximum absolute atomic E-state index is 12.8. The molecule has 1 saturated carbocycles. The average Bonchev–Trinajstić information content (AvgIpc) is 2.40. The van der Waals surface area contributed by atoms with Gasteiger partial charge >= 0.3 is 0 Å². The molecule has 3 nitrogen and oxygen atoms in total. The Morgan fingerprint density at radius 2 is 1.90 bits per heavy atom. The summed E-state index contributed by atoms with van der Waals surface area (Å²) in [5, 5.41) is 19.1. The minimum absolute atomic E-state index is 0.212. The zero-order chi connectivity index (χ0) is 14.4. The van der Waals surface area contributed by atoms with Crippen molar-refractivity contribution in [2.24, 2.45) is 0 Å². The van der Waals surface area contributed by atoms with Crippen LogP contribution in [0.15, 0.2) is 24.3 Å². The number of aliphatic hydroxyl groups is 2. The molecule has 0 radical (unpaired) electrons. The van der Waals surface area contributed by atoms with E-state index in [1.807, 2.05) is 0 Å². The van der Waals surface area contributed by atoms with Crippen LogP contribution in [0.5, 0.6) is 0 Å². The van der Waals surface area contributed by atoms with E-state index in [9.17, 15) is 9.50 Å². The predicted molar refractivity (Wildman–Crippen MR) is 76.9 cm³/mol. The van der Waals surface area contributed by atoms with Crippen LogP contribution in [0, 0.1) is 5.82 Å². The van der Waals surface area contributed by atoms with Crippen molar-refractivity contribution < 1.29 is 14.6 Å². The van der Waals surface area contributed by atoms with E-state index in [1.165, 1.54) is 31.4 Å². The summed E-state index contributed by atoms with van der Waals surface area (Å²) < 4.78 is 12.8. The van der Waals surface area contributed by atoms with Crippen LogP contribution >= 0.6 is 0 Å². The van der Waals surface area contributed by atoms with Gasteiger partial charge in [0, 0.05) is 25.7 Å². The Hall–Kier alpha value is -0.970. The molecule has 0 amide bonds. The fourth-order valence-corrected chi connectivity index (χ4v) is 2.64. The first kappa shape index (κ1) is 15.4. The Bertz CT molecular complexity index is 392. The fourth-order valence-electron chi connectivity index (χ4n) is 2.64. The normalized spacial score (nSPS) is 17.2. The average molecular weight is 281 g/mol. The van der Waals surface area contributed by atoms with Crippen LogP contribution < -0.4 is 0 Å². The van der Waals surface area contributed by atoms with E-state index in [-0.39, 0.29) is 12.4 Å². The lowest BCUT2D eigenvalue weighted by Crippen LogP contribution is -2.41. The lowest BCUT2D eigenvalue weighted by Gasteiger charge is -2.38. The fraction of sp³-hybridized carbons (Fsp3) is 0.625. The van der Waals surface area contributed by atoms with Crippen LogP contribution in [0.2, 0.25) is 0 Å². The summed E-state index contributed by atoms with van der Waals surface area (Å²) in [5.41, 5.74) is 0.766. The van der Waals surface area contributed by atoms with Crippen molar-refractivity contribution in [3.05, 3.63) is 35.6 Å². The molecule has 1 aromatic carbocycles. The molecule has 4 heteroatoms. The van der Waals surface area contributed by atoms with Crippen LogP contribution in [-0.4, -0.2) is 40.9 Å². The van der Waals surface area contributed by atoms with E-state index in [0.717, 1.165) is 25.1 Å². The van der Waals surface area contributed by atoms with Gasteiger partial charge in [0.25, 0.3) is 0 Å². The topological polar surface area (TPSA) is 43.7 Å². The van der Waals surface area contributed by atoms with Gasteiger partial charge in [0.05, 0.1) is 6.10 Å². The highest BCUT2D eigenvalue weighted by atomic mass is 19.1. The van der Waals surface area contributed by atoms with Crippen molar-refractivity contribution >= 4 is 0 Å². The van der Waals surface area contributed by atoms with Crippen LogP contribution in [-0.2, 0) is 0 Å². The molecular formula is C16H24FNO2. The smallest absolute Gasteiger partial charge is 0.123 e. The van der Waals surface area contributed by atoms with Crippen LogP contribution in [0.3, 0.4) is 0 Å². The Labute approximate surface area is 120 Å². The first-order chi connectivity index (χ1) is 9.70. The Kier molecular flexibility index (Phi) is 5.95. The molecule has 0 saturated heterocycles. The summed E-state index contributed by atoms with van der Waals surface area (Å²) in [6.07, 6.45) is 4.60. The molecule has 0 aliphatic heterocycles. The Morgan fingerprint density at radius 1 is 1.20 bits per heavy atom. The third-order valence-corrected chi connectivity index (χ3v) is 4.14. The molecule has 2 rings (SSSR count). The van der Waals surface area contributed by atoms with Crippen molar-refractivity contribution in [1.29, 1.82) is 0 Å². The van der Waals surface area contributed by atoms with E-state index in [4.69, 9.17) is 5.11 Å². The summed E-state index contributed by atoms with van der Waals surface area (Å²) in [6.45, 7) is 1.92. The van der Waals surface area contributed by atoms with Gasteiger partial charge in [0.15, 0.2) is 0 Å². The zero-order valence-corrected chi connectivity index (χ0v) is 11.8. The second kappa shape index (κ2) is 7.72. The van der Waals surface area contributed by atoms with E-state index < -0.39 is 6.10 Å². The monoisotopic (exact) mass is 281 g/mol. The minimum Gasteiger partial charge on any atom is -0.396 e. The largest absolute Gasteiger partial charge is 0.396 e. The number of hydrogen-bond acceptors (Lipinski definition) is 3. The quantitative estimate of drug-likeness (QED) is 0.769. The highest BCUT2D eigenvalue weighted by Gasteiger charge is 2.24. The highest BCUT2D eigenvalue weighted by Crippen LogP contribution is 2.26. The van der Waals surface area contributed by atoms with E-state index in [1.54, 1.807) is 12.1 Å². The Balaban J connectivity index is 1.82. The van der Waals surface area contributed by atoms with E-state index >= 15 is 0 Å². The molecule has 0 heterocycles. The van der Waals surface area contributed by atoms with Crippen molar-refractivity contribution in [2.45, 2.75) is 44.2 Å². The number of rotatable bonds is 8. The van der Waals surface area contributed by atoms with Gasteiger partial charge < -0.3 is 15.1 Å². The van der Waals surface area contributed by atoms with Gasteiger partial charge in [-0.1, -0.05) is 18.6 Å². The van der Waals surface area contributed by atoms with Crippen molar-refractivity contribution in [1.82, 2.24) is 4.90 Å². The van der Waals surface area contributed by atoms with Gasteiger partial charge in [0.2, 0.25) is 0 Å². The SMILES string of the molecule is OCCCN(CCC(O)c1ccc(F)cc1)C1CCC1. The van der Waals surface area contributed by atoms with Crippen LogP contribution in [0.25, 0.3) is 0 Å². The number of nitrogens with zero attached hydrogens (tertiary/aromatic N) is 1. The molecule has 2 N–H and O–H groups in total. The maximum Gasteiger partial charge on any atom is 0.123 e. The molecule has 1 aliphatic carbocycles. The van der Waals surface area contributed by atoms with Gasteiger partial charge in [-0.3, -0.25) is 0 Å². The highest BCUT2D eigenvalue weighted by molar-refractivity contribution is 5.18. The van der Waals surface area contributed by atoms with Crippen LogP contribution in [0.1, 0.15) is 43.8 Å². The molecule has 20 heavy (non-hydrogen) atoms. The first-order valence-corrected chi connectivity index (χ1v) is 7.49. The van der Waals surface area contributed by atoms with Gasteiger partial charge in [-0.25, -0.2) is 4.39 Å². The molecular weight excluding hydrogens is 257 g/mol.